The van der Waals surface area contributed by atoms with Crippen LogP contribution < -0.4 is 5.32 Å². The van der Waals surface area contributed by atoms with Crippen molar-refractivity contribution in [3.8, 4) is 0 Å². The lowest BCUT2D eigenvalue weighted by Crippen LogP contribution is -2.33. The summed E-state index contributed by atoms with van der Waals surface area (Å²) in [6.45, 7) is 4.86. The lowest BCUT2D eigenvalue weighted by atomic mass is 9.93. The van der Waals surface area contributed by atoms with Gasteiger partial charge in [0.15, 0.2) is 0 Å². The second-order valence-electron chi connectivity index (χ2n) is 5.99. The van der Waals surface area contributed by atoms with Gasteiger partial charge >= 0.3 is 0 Å². The summed E-state index contributed by atoms with van der Waals surface area (Å²) in [5, 5.41) is 7.27. The number of carbonyl (C=O) groups is 1. The highest BCUT2D eigenvalue weighted by Crippen LogP contribution is 2.19. The van der Waals surface area contributed by atoms with Gasteiger partial charge in [0, 0.05) is 20.0 Å². The molecule has 20 heavy (non-hydrogen) atoms. The van der Waals surface area contributed by atoms with E-state index in [0.29, 0.717) is 18.9 Å². The summed E-state index contributed by atoms with van der Waals surface area (Å²) < 4.78 is 1.83. The zero-order chi connectivity index (χ0) is 14.5. The van der Waals surface area contributed by atoms with Crippen molar-refractivity contribution in [2.75, 3.05) is 20.1 Å². The maximum absolute atomic E-state index is 11.9. The molecular formula is C15H26N4O. The number of carbonyl (C=O) groups excluding carboxylic acids is 1. The zero-order valence-electron chi connectivity index (χ0n) is 12.9. The molecule has 0 aliphatic carbocycles. The van der Waals surface area contributed by atoms with Crippen LogP contribution in [-0.2, 0) is 18.4 Å². The van der Waals surface area contributed by atoms with Crippen LogP contribution in [-0.4, -0.2) is 40.7 Å². The lowest BCUT2D eigenvalue weighted by molar-refractivity contribution is -0.121. The maximum Gasteiger partial charge on any atom is 0.220 e. The molecule has 2 rings (SSSR count). The second kappa shape index (κ2) is 6.88. The van der Waals surface area contributed by atoms with Gasteiger partial charge in [0.25, 0.3) is 0 Å². The molecule has 0 aromatic carbocycles. The van der Waals surface area contributed by atoms with E-state index in [2.05, 4.69) is 22.4 Å². The molecule has 2 heterocycles. The van der Waals surface area contributed by atoms with Gasteiger partial charge in [0.2, 0.25) is 5.91 Å². The standard InChI is InChI=1S/C15H26N4O/c1-12-9-14(19(3)17-12)10-16-15(20)7-6-13-5-4-8-18(2)11-13/h9,13H,4-8,10-11H2,1-3H3,(H,16,20). The van der Waals surface area contributed by atoms with Crippen LogP contribution in [0.5, 0.6) is 0 Å². The molecule has 1 aliphatic heterocycles. The van der Waals surface area contributed by atoms with Crippen LogP contribution in [0.2, 0.25) is 0 Å². The summed E-state index contributed by atoms with van der Waals surface area (Å²) in [6, 6.07) is 2.01. The van der Waals surface area contributed by atoms with Gasteiger partial charge in [0.05, 0.1) is 17.9 Å². The quantitative estimate of drug-likeness (QED) is 0.887. The third kappa shape index (κ3) is 4.34. The molecule has 1 unspecified atom stereocenters. The molecule has 1 N–H and O–H groups in total. The first-order valence-electron chi connectivity index (χ1n) is 7.49. The van der Waals surface area contributed by atoms with Crippen LogP contribution in [0.25, 0.3) is 0 Å². The van der Waals surface area contributed by atoms with Gasteiger partial charge in [-0.25, -0.2) is 0 Å². The number of piperidine rings is 1. The summed E-state index contributed by atoms with van der Waals surface area (Å²) in [7, 11) is 4.07. The number of rotatable bonds is 5. The number of aromatic nitrogens is 2. The second-order valence-corrected chi connectivity index (χ2v) is 5.99. The number of likely N-dealkylation sites (tertiary alicyclic amines) is 1. The highest BCUT2D eigenvalue weighted by Gasteiger charge is 2.18. The molecule has 5 heteroatoms. The lowest BCUT2D eigenvalue weighted by Gasteiger charge is -2.29. The van der Waals surface area contributed by atoms with Gasteiger partial charge in [-0.1, -0.05) is 0 Å². The van der Waals surface area contributed by atoms with Crippen LogP contribution in [0.15, 0.2) is 6.07 Å². The highest BCUT2D eigenvalue weighted by atomic mass is 16.1. The number of amides is 1. The molecule has 0 spiro atoms. The van der Waals surface area contributed by atoms with Crippen LogP contribution >= 0.6 is 0 Å². The molecule has 1 saturated heterocycles. The minimum absolute atomic E-state index is 0.150. The Balaban J connectivity index is 1.69. The number of aryl methyl sites for hydroxylation is 2. The first-order chi connectivity index (χ1) is 9.54. The summed E-state index contributed by atoms with van der Waals surface area (Å²) in [6.07, 6.45) is 4.16. The average Bonchev–Trinajstić information content (AvgIpc) is 2.72. The molecule has 1 aromatic rings. The van der Waals surface area contributed by atoms with Gasteiger partial charge in [-0.2, -0.15) is 5.10 Å². The topological polar surface area (TPSA) is 50.2 Å². The van der Waals surface area contributed by atoms with Gasteiger partial charge in [-0.15, -0.1) is 0 Å². The zero-order valence-corrected chi connectivity index (χ0v) is 12.9. The van der Waals surface area contributed by atoms with E-state index in [1.54, 1.807) is 0 Å². The Kier molecular flexibility index (Phi) is 5.17. The van der Waals surface area contributed by atoms with E-state index in [1.165, 1.54) is 19.4 Å². The maximum atomic E-state index is 11.9. The van der Waals surface area contributed by atoms with Crippen molar-refractivity contribution < 1.29 is 4.79 Å². The van der Waals surface area contributed by atoms with E-state index < -0.39 is 0 Å². The molecule has 1 aromatic heterocycles. The minimum Gasteiger partial charge on any atom is -0.350 e. The van der Waals surface area contributed by atoms with E-state index in [-0.39, 0.29) is 5.91 Å². The van der Waals surface area contributed by atoms with Crippen molar-refractivity contribution in [3.63, 3.8) is 0 Å². The van der Waals surface area contributed by atoms with Crippen LogP contribution in [0.3, 0.4) is 0 Å². The van der Waals surface area contributed by atoms with Gasteiger partial charge in [-0.05, 0) is 51.8 Å². The third-order valence-electron chi connectivity index (χ3n) is 4.07. The van der Waals surface area contributed by atoms with E-state index in [4.69, 9.17) is 0 Å². The highest BCUT2D eigenvalue weighted by molar-refractivity contribution is 5.75. The van der Waals surface area contributed by atoms with E-state index >= 15 is 0 Å². The van der Waals surface area contributed by atoms with E-state index in [9.17, 15) is 4.79 Å². The van der Waals surface area contributed by atoms with Crippen LogP contribution in [0.4, 0.5) is 0 Å². The molecule has 1 atom stereocenters. The molecule has 1 aliphatic rings. The molecule has 0 radical (unpaired) electrons. The Morgan fingerprint density at radius 3 is 2.95 bits per heavy atom. The Hall–Kier alpha value is -1.36. The summed E-state index contributed by atoms with van der Waals surface area (Å²) in [4.78, 5) is 14.3. The predicted molar refractivity (Wildman–Crippen MR) is 79.2 cm³/mol. The van der Waals surface area contributed by atoms with Gasteiger partial charge < -0.3 is 10.2 Å². The van der Waals surface area contributed by atoms with Gasteiger partial charge in [-0.3, -0.25) is 9.48 Å². The Labute approximate surface area is 121 Å². The smallest absolute Gasteiger partial charge is 0.220 e. The fourth-order valence-corrected chi connectivity index (χ4v) is 2.95. The molecule has 5 nitrogen and oxygen atoms in total. The van der Waals surface area contributed by atoms with Crippen LogP contribution in [0.1, 0.15) is 37.1 Å². The first-order valence-corrected chi connectivity index (χ1v) is 7.49. The fraction of sp³-hybridized carbons (Fsp3) is 0.733. The van der Waals surface area contributed by atoms with Crippen molar-refractivity contribution in [1.29, 1.82) is 0 Å². The number of nitrogens with zero attached hydrogens (tertiary/aromatic N) is 3. The van der Waals surface area contributed by atoms with Crippen molar-refractivity contribution in [2.24, 2.45) is 13.0 Å². The average molecular weight is 278 g/mol. The van der Waals surface area contributed by atoms with Crippen molar-refractivity contribution in [2.45, 2.75) is 39.2 Å². The Morgan fingerprint density at radius 1 is 1.50 bits per heavy atom. The molecule has 112 valence electrons. The molecule has 1 amide bonds. The molecule has 0 saturated carbocycles. The minimum atomic E-state index is 0.150. The van der Waals surface area contributed by atoms with Crippen molar-refractivity contribution in [1.82, 2.24) is 20.0 Å². The largest absolute Gasteiger partial charge is 0.350 e. The monoisotopic (exact) mass is 278 g/mol. The summed E-state index contributed by atoms with van der Waals surface area (Å²) in [5.41, 5.74) is 2.04. The molecular weight excluding hydrogens is 252 g/mol. The summed E-state index contributed by atoms with van der Waals surface area (Å²) in [5.74, 6) is 0.829. The molecule has 1 fully saturated rings. The van der Waals surface area contributed by atoms with Gasteiger partial charge in [0.1, 0.15) is 0 Å². The number of hydrogen-bond donors (Lipinski definition) is 1. The fourth-order valence-electron chi connectivity index (χ4n) is 2.95. The van der Waals surface area contributed by atoms with Crippen molar-refractivity contribution in [3.05, 3.63) is 17.5 Å². The number of hydrogen-bond acceptors (Lipinski definition) is 3. The third-order valence-corrected chi connectivity index (χ3v) is 4.07. The SMILES string of the molecule is Cc1cc(CNC(=O)CCC2CCCN(C)C2)n(C)n1. The van der Waals surface area contributed by atoms with Crippen molar-refractivity contribution >= 4 is 5.91 Å². The van der Waals surface area contributed by atoms with Crippen LogP contribution in [0, 0.1) is 12.8 Å². The van der Waals surface area contributed by atoms with E-state index in [0.717, 1.165) is 24.4 Å². The number of nitrogens with one attached hydrogen (secondary N) is 1. The normalized spacial score (nSPS) is 20.1. The Bertz CT molecular complexity index is 455. The molecule has 0 bridgehead atoms. The summed E-state index contributed by atoms with van der Waals surface area (Å²) >= 11 is 0. The van der Waals surface area contributed by atoms with E-state index in [1.807, 2.05) is 24.7 Å². The first kappa shape index (κ1) is 15.0. The predicted octanol–water partition coefficient (Wildman–Crippen LogP) is 1.47. The Morgan fingerprint density at radius 2 is 2.30 bits per heavy atom.